The van der Waals surface area contributed by atoms with E-state index in [4.69, 9.17) is 13.7 Å². The molecule has 2 aromatic heterocycles. The van der Waals surface area contributed by atoms with Gasteiger partial charge in [0.1, 0.15) is 24.1 Å². The summed E-state index contributed by atoms with van der Waals surface area (Å²) in [6.07, 6.45) is -4.36. The van der Waals surface area contributed by atoms with Gasteiger partial charge in [0.2, 0.25) is 11.8 Å². The van der Waals surface area contributed by atoms with E-state index >= 15 is 0 Å². The normalized spacial score (nSPS) is 20.9. The predicted molar refractivity (Wildman–Crippen MR) is 138 cm³/mol. The van der Waals surface area contributed by atoms with Crippen LogP contribution in [0.3, 0.4) is 0 Å². The molecule has 0 aliphatic carbocycles. The number of hydrogen-bond donors (Lipinski definition) is 5. The highest BCUT2D eigenvalue weighted by Gasteiger charge is 2.45. The lowest BCUT2D eigenvalue weighted by Crippen LogP contribution is -2.37. The molecule has 5 rings (SSSR count). The number of hydrogen-bond acceptors (Lipinski definition) is 13. The Morgan fingerprint density at radius 3 is 2.52 bits per heavy atom. The molecule has 5 N–H and O–H groups in total. The highest BCUT2D eigenvalue weighted by molar-refractivity contribution is 7.85. The Hall–Kier alpha value is -4.35. The summed E-state index contributed by atoms with van der Waals surface area (Å²) in [4.78, 5) is 25.2. The number of ether oxygens (including phenoxy) is 2. The van der Waals surface area contributed by atoms with Crippen LogP contribution in [0.15, 0.2) is 60.9 Å². The van der Waals surface area contributed by atoms with Crippen molar-refractivity contribution < 1.29 is 42.2 Å². The number of fused-ring (bicyclic) bond motifs is 1. The fourth-order valence-corrected chi connectivity index (χ4v) is 4.75. The van der Waals surface area contributed by atoms with Crippen molar-refractivity contribution in [2.75, 3.05) is 19.0 Å². The third-order valence-electron chi connectivity index (χ3n) is 5.98. The number of rotatable bonds is 9. The average Bonchev–Trinajstić information content (AvgIpc) is 3.48. The molecule has 0 spiro atoms. The Balaban J connectivity index is 1.32. The highest BCUT2D eigenvalue weighted by atomic mass is 32.2. The number of aromatic nitrogens is 4. The number of aromatic hydroxyl groups is 1. The Bertz CT molecular complexity index is 1630. The van der Waals surface area contributed by atoms with Crippen LogP contribution in [0.25, 0.3) is 11.2 Å². The maximum absolute atomic E-state index is 12.3. The molecule has 0 saturated carbocycles. The third kappa shape index (κ3) is 5.51. The molecule has 1 fully saturated rings. The minimum absolute atomic E-state index is 0.140. The molecule has 2 aromatic carbocycles. The molecule has 16 heteroatoms. The maximum atomic E-state index is 12.3. The van der Waals surface area contributed by atoms with E-state index in [2.05, 4.69) is 20.3 Å². The van der Waals surface area contributed by atoms with E-state index in [1.165, 1.54) is 42.3 Å². The Labute approximate surface area is 227 Å². The first kappa shape index (κ1) is 27.2. The van der Waals surface area contributed by atoms with Crippen molar-refractivity contribution in [2.24, 2.45) is 0 Å². The van der Waals surface area contributed by atoms with Crippen LogP contribution in [0.1, 0.15) is 16.6 Å². The van der Waals surface area contributed by atoms with Crippen molar-refractivity contribution in [3.8, 4) is 11.6 Å². The number of nitrogens with one attached hydrogen (secondary N) is 2. The lowest BCUT2D eigenvalue weighted by Gasteiger charge is -2.17. The highest BCUT2D eigenvalue weighted by Crippen LogP contribution is 2.34. The van der Waals surface area contributed by atoms with Crippen LogP contribution in [0.5, 0.6) is 11.6 Å². The van der Waals surface area contributed by atoms with Crippen LogP contribution in [0, 0.1) is 0 Å². The number of aliphatic hydroxyl groups is 2. The molecule has 15 nitrogen and oxygen atoms in total. The van der Waals surface area contributed by atoms with Gasteiger partial charge in [-0.05, 0) is 24.3 Å². The summed E-state index contributed by atoms with van der Waals surface area (Å²) in [5.74, 6) is -1.24. The number of benzene rings is 2. The molecular formula is C24H24N6O9S. The molecule has 4 aromatic rings. The van der Waals surface area contributed by atoms with Crippen molar-refractivity contribution in [3.05, 3.63) is 66.5 Å². The van der Waals surface area contributed by atoms with Crippen LogP contribution in [0.4, 0.5) is 11.6 Å². The average molecular weight is 573 g/mol. The summed E-state index contributed by atoms with van der Waals surface area (Å²) in [6.45, 7) is -0.746. The number of amides is 1. The van der Waals surface area contributed by atoms with Crippen LogP contribution in [-0.2, 0) is 19.2 Å². The van der Waals surface area contributed by atoms with Gasteiger partial charge in [0.05, 0.1) is 25.6 Å². The molecule has 0 unspecified atom stereocenters. The topological polar surface area (TPSA) is 207 Å². The number of carbonyl (C=O) groups excluding carboxylic acids is 1. The van der Waals surface area contributed by atoms with E-state index in [9.17, 15) is 28.5 Å². The van der Waals surface area contributed by atoms with Gasteiger partial charge >= 0.3 is 10.3 Å². The minimum Gasteiger partial charge on any atom is -0.507 e. The van der Waals surface area contributed by atoms with Gasteiger partial charge in [-0.2, -0.15) is 18.4 Å². The van der Waals surface area contributed by atoms with E-state index in [-0.39, 0.29) is 28.6 Å². The third-order valence-corrected chi connectivity index (χ3v) is 6.86. The van der Waals surface area contributed by atoms with Crippen LogP contribution in [-0.4, -0.2) is 81.2 Å². The molecule has 4 atom stereocenters. The molecule has 0 bridgehead atoms. The molecule has 1 aliphatic heterocycles. The summed E-state index contributed by atoms with van der Waals surface area (Å²) >= 11 is 0. The van der Waals surface area contributed by atoms with Gasteiger partial charge in [-0.25, -0.2) is 9.71 Å². The molecule has 1 aliphatic rings. The van der Waals surface area contributed by atoms with Crippen molar-refractivity contribution in [3.63, 3.8) is 0 Å². The first-order chi connectivity index (χ1) is 19.2. The quantitative estimate of drug-likeness (QED) is 0.186. The zero-order valence-corrected chi connectivity index (χ0v) is 21.6. The number of anilines is 2. The number of imidazole rings is 1. The summed E-state index contributed by atoms with van der Waals surface area (Å²) in [6, 6.07) is 14.5. The Morgan fingerprint density at radius 2 is 1.80 bits per heavy atom. The molecule has 0 radical (unpaired) electrons. The zero-order valence-electron chi connectivity index (χ0n) is 20.8. The van der Waals surface area contributed by atoms with E-state index in [1.807, 2.05) is 18.2 Å². The lowest BCUT2D eigenvalue weighted by atomic mass is 10.1. The number of phenolic OH excluding ortho intramolecular Hbond substituents is 1. The second-order valence-corrected chi connectivity index (χ2v) is 9.95. The van der Waals surface area contributed by atoms with Gasteiger partial charge in [0.25, 0.3) is 5.91 Å². The first-order valence-corrected chi connectivity index (χ1v) is 13.2. The fourth-order valence-electron chi connectivity index (χ4n) is 4.04. The Morgan fingerprint density at radius 1 is 1.07 bits per heavy atom. The van der Waals surface area contributed by atoms with E-state index < -0.39 is 53.1 Å². The van der Waals surface area contributed by atoms with Crippen molar-refractivity contribution >= 4 is 39.0 Å². The molecule has 210 valence electrons. The monoisotopic (exact) mass is 572 g/mol. The summed E-state index contributed by atoms with van der Waals surface area (Å²) in [5.41, 5.74) is 0.870. The SMILES string of the molecule is COc1nc(Nc2ccccc2)nc2c1ncn2[C@@H]1O[C@H](COS(=O)(=O)NC(=O)c2ccccc2O)[C@@H](O)[C@H]1O. The Kier molecular flexibility index (Phi) is 7.51. The number of carbonyl (C=O) groups is 1. The smallest absolute Gasteiger partial charge is 0.362 e. The van der Waals surface area contributed by atoms with Crippen LogP contribution in [0.2, 0.25) is 0 Å². The van der Waals surface area contributed by atoms with Gasteiger partial charge in [-0.1, -0.05) is 30.3 Å². The van der Waals surface area contributed by atoms with Crippen molar-refractivity contribution in [1.82, 2.24) is 24.2 Å². The van der Waals surface area contributed by atoms with Gasteiger partial charge in [0, 0.05) is 5.69 Å². The predicted octanol–water partition coefficient (Wildman–Crippen LogP) is 0.595. The van der Waals surface area contributed by atoms with Gasteiger partial charge in [-0.3, -0.25) is 13.5 Å². The van der Waals surface area contributed by atoms with Crippen LogP contribution >= 0.6 is 0 Å². The number of aliphatic hydroxyl groups excluding tert-OH is 2. The van der Waals surface area contributed by atoms with Crippen LogP contribution < -0.4 is 14.8 Å². The summed E-state index contributed by atoms with van der Waals surface area (Å²) in [5, 5.41) is 34.1. The summed E-state index contributed by atoms with van der Waals surface area (Å²) < 4.78 is 43.6. The second kappa shape index (κ2) is 11.0. The van der Waals surface area contributed by atoms with Gasteiger partial charge < -0.3 is 30.1 Å². The molecule has 40 heavy (non-hydrogen) atoms. The maximum Gasteiger partial charge on any atom is 0.362 e. The largest absolute Gasteiger partial charge is 0.507 e. The number of phenols is 1. The molecule has 3 heterocycles. The molecule has 1 amide bonds. The standard InChI is InChI=1S/C24H24N6O9S/c1-37-22-17-20(27-24(28-22)26-13-7-3-2-4-8-13)30(12-25-17)23-19(33)18(32)16(39-23)11-38-40(35,36)29-21(34)14-9-5-6-10-15(14)31/h2-10,12,16,18-19,23,31-33H,11H2,1H3,(H,29,34)(H,26,27,28)/t16-,18-,19-,23-/m1/s1. The molecular weight excluding hydrogens is 548 g/mol. The second-order valence-electron chi connectivity index (χ2n) is 8.60. The minimum atomic E-state index is -4.67. The zero-order chi connectivity index (χ0) is 28.4. The van der Waals surface area contributed by atoms with E-state index in [0.717, 1.165) is 0 Å². The number of methoxy groups -OCH3 is 1. The van der Waals surface area contributed by atoms with Crippen molar-refractivity contribution in [2.45, 2.75) is 24.5 Å². The van der Waals surface area contributed by atoms with E-state index in [1.54, 1.807) is 16.9 Å². The number of para-hydroxylation sites is 2. The van der Waals surface area contributed by atoms with Gasteiger partial charge in [0.15, 0.2) is 17.4 Å². The first-order valence-electron chi connectivity index (χ1n) is 11.8. The fraction of sp³-hybridized carbons (Fsp3) is 0.250. The lowest BCUT2D eigenvalue weighted by molar-refractivity contribution is -0.0468. The number of nitrogens with zero attached hydrogens (tertiary/aromatic N) is 4. The van der Waals surface area contributed by atoms with E-state index in [0.29, 0.717) is 5.69 Å². The van der Waals surface area contributed by atoms with Crippen molar-refractivity contribution in [1.29, 1.82) is 0 Å². The summed E-state index contributed by atoms with van der Waals surface area (Å²) in [7, 11) is -3.27. The molecule has 1 saturated heterocycles. The van der Waals surface area contributed by atoms with Gasteiger partial charge in [-0.15, -0.1) is 0 Å².